The van der Waals surface area contributed by atoms with E-state index in [9.17, 15) is 23.1 Å². The lowest BCUT2D eigenvalue weighted by Gasteiger charge is -2.12. The van der Waals surface area contributed by atoms with Crippen LogP contribution in [-0.4, -0.2) is 20.8 Å². The van der Waals surface area contributed by atoms with Gasteiger partial charge < -0.3 is 16.2 Å². The molecular weight excluding hydrogens is 481 g/mol. The molecule has 1 heterocycles. The molecule has 0 fully saturated rings. The predicted molar refractivity (Wildman–Crippen MR) is 127 cm³/mol. The Bertz CT molecular complexity index is 1370. The maximum Gasteiger partial charge on any atom is 0.435 e. The van der Waals surface area contributed by atoms with Crippen LogP contribution >= 0.6 is 11.6 Å². The number of benzene rings is 3. The van der Waals surface area contributed by atoms with E-state index in [2.05, 4.69) is 10.4 Å². The van der Waals surface area contributed by atoms with Gasteiger partial charge in [-0.2, -0.15) is 18.3 Å². The molecule has 1 aromatic heterocycles. The number of nitrogens with one attached hydrogen (secondary N) is 1. The summed E-state index contributed by atoms with van der Waals surface area (Å²) in [5.41, 5.74) is 6.91. The quantitative estimate of drug-likeness (QED) is 0.323. The van der Waals surface area contributed by atoms with Gasteiger partial charge in [0.2, 0.25) is 0 Å². The Kier molecular flexibility index (Phi) is 6.81. The van der Waals surface area contributed by atoms with Crippen LogP contribution in [0, 0.1) is 0 Å². The van der Waals surface area contributed by atoms with E-state index in [0.717, 1.165) is 21.4 Å². The van der Waals surface area contributed by atoms with Crippen molar-refractivity contribution in [3.63, 3.8) is 0 Å². The van der Waals surface area contributed by atoms with Gasteiger partial charge in [-0.05, 0) is 59.5 Å². The van der Waals surface area contributed by atoms with Gasteiger partial charge in [-0.3, -0.25) is 4.79 Å². The monoisotopic (exact) mass is 500 g/mol. The average molecular weight is 501 g/mol. The average Bonchev–Trinajstić information content (AvgIpc) is 3.28. The molecule has 6 nitrogen and oxygen atoms in total. The molecule has 0 unspecified atom stereocenters. The number of phenolic OH excluding ortho intramolecular Hbond substituents is 1. The van der Waals surface area contributed by atoms with Gasteiger partial charge in [0.05, 0.1) is 10.7 Å². The van der Waals surface area contributed by atoms with Crippen molar-refractivity contribution in [1.82, 2.24) is 9.78 Å². The summed E-state index contributed by atoms with van der Waals surface area (Å²) in [6, 6.07) is 18.7. The molecule has 35 heavy (non-hydrogen) atoms. The number of aromatic hydroxyl groups is 1. The summed E-state index contributed by atoms with van der Waals surface area (Å²) >= 11 is 6.33. The molecule has 180 valence electrons. The van der Waals surface area contributed by atoms with Crippen LogP contribution in [0.3, 0.4) is 0 Å². The molecule has 4 aromatic rings. The highest BCUT2D eigenvalue weighted by molar-refractivity contribution is 6.32. The second-order valence-electron chi connectivity index (χ2n) is 7.81. The molecule has 10 heteroatoms. The fourth-order valence-electron chi connectivity index (χ4n) is 3.52. The molecule has 0 atom stereocenters. The largest absolute Gasteiger partial charge is 0.508 e. The van der Waals surface area contributed by atoms with Crippen molar-refractivity contribution in [2.75, 3.05) is 5.32 Å². The molecule has 0 saturated carbocycles. The highest BCUT2D eigenvalue weighted by atomic mass is 35.5. The van der Waals surface area contributed by atoms with Crippen molar-refractivity contribution in [3.8, 4) is 11.4 Å². The molecule has 0 aliphatic carbocycles. The van der Waals surface area contributed by atoms with Crippen LogP contribution in [0.2, 0.25) is 5.02 Å². The lowest BCUT2D eigenvalue weighted by Crippen LogP contribution is -2.17. The SMILES string of the molecule is NCc1cccc(NC(=O)c2cc(C(F)(F)F)nn2-c2cc(Cc3ccc(O)cc3)ccc2Cl)c1. The van der Waals surface area contributed by atoms with Gasteiger partial charge in [-0.1, -0.05) is 41.9 Å². The van der Waals surface area contributed by atoms with E-state index in [-0.39, 0.29) is 28.7 Å². The number of alkyl halides is 3. The molecule has 0 aliphatic heterocycles. The summed E-state index contributed by atoms with van der Waals surface area (Å²) in [5, 5.41) is 15.9. The van der Waals surface area contributed by atoms with Gasteiger partial charge >= 0.3 is 6.18 Å². The summed E-state index contributed by atoms with van der Waals surface area (Å²) in [7, 11) is 0. The minimum atomic E-state index is -4.77. The fourth-order valence-corrected chi connectivity index (χ4v) is 3.71. The molecule has 0 saturated heterocycles. The second kappa shape index (κ2) is 9.81. The standard InChI is InChI=1S/C25H20ClF3N4O2/c26-20-9-6-16(10-15-4-7-19(34)8-5-15)12-21(20)33-22(13-23(32-33)25(27,28)29)24(35)31-18-3-1-2-17(11-18)14-30/h1-9,11-13,34H,10,14,30H2,(H,31,35). The van der Waals surface area contributed by atoms with Gasteiger partial charge in [0.25, 0.3) is 5.91 Å². The number of anilines is 1. The number of amides is 1. The van der Waals surface area contributed by atoms with E-state index in [4.69, 9.17) is 17.3 Å². The molecule has 1 amide bonds. The molecule has 4 rings (SSSR count). The maximum atomic E-state index is 13.5. The minimum absolute atomic E-state index is 0.120. The molecule has 0 spiro atoms. The normalized spacial score (nSPS) is 11.5. The molecule has 0 bridgehead atoms. The van der Waals surface area contributed by atoms with Crippen molar-refractivity contribution in [2.24, 2.45) is 5.73 Å². The highest BCUT2D eigenvalue weighted by Crippen LogP contribution is 2.32. The molecule has 0 radical (unpaired) electrons. The zero-order valence-electron chi connectivity index (χ0n) is 18.2. The van der Waals surface area contributed by atoms with E-state index in [0.29, 0.717) is 18.2 Å². The third-order valence-electron chi connectivity index (χ3n) is 5.24. The topological polar surface area (TPSA) is 93.2 Å². The number of carbonyl (C=O) groups is 1. The number of nitrogens with zero attached hydrogens (tertiary/aromatic N) is 2. The van der Waals surface area contributed by atoms with E-state index in [1.165, 1.54) is 18.2 Å². The van der Waals surface area contributed by atoms with E-state index in [1.54, 1.807) is 48.5 Å². The lowest BCUT2D eigenvalue weighted by atomic mass is 10.0. The number of nitrogens with two attached hydrogens (primary N) is 1. The number of hydrogen-bond acceptors (Lipinski definition) is 4. The molecule has 0 aliphatic rings. The Hall–Kier alpha value is -3.82. The van der Waals surface area contributed by atoms with Crippen molar-refractivity contribution in [2.45, 2.75) is 19.1 Å². The van der Waals surface area contributed by atoms with Gasteiger partial charge in [-0.25, -0.2) is 4.68 Å². The Morgan fingerprint density at radius 3 is 2.40 bits per heavy atom. The number of phenols is 1. The maximum absolute atomic E-state index is 13.5. The number of aromatic nitrogens is 2. The van der Waals surface area contributed by atoms with Crippen LogP contribution in [0.1, 0.15) is 32.9 Å². The van der Waals surface area contributed by atoms with Crippen LogP contribution in [0.4, 0.5) is 18.9 Å². The Labute approximate surface area is 203 Å². The first-order chi connectivity index (χ1) is 16.6. The zero-order valence-corrected chi connectivity index (χ0v) is 18.9. The van der Waals surface area contributed by atoms with Crippen LogP contribution < -0.4 is 11.1 Å². The van der Waals surface area contributed by atoms with Gasteiger partial charge in [0.15, 0.2) is 5.69 Å². The third kappa shape index (κ3) is 5.64. The summed E-state index contributed by atoms with van der Waals surface area (Å²) in [6.45, 7) is 0.239. The van der Waals surface area contributed by atoms with Crippen LogP contribution in [0.25, 0.3) is 5.69 Å². The molecular formula is C25H20ClF3N4O2. The highest BCUT2D eigenvalue weighted by Gasteiger charge is 2.36. The van der Waals surface area contributed by atoms with E-state index >= 15 is 0 Å². The summed E-state index contributed by atoms with van der Waals surface area (Å²) < 4.78 is 41.4. The number of halogens is 4. The van der Waals surface area contributed by atoms with Crippen LogP contribution in [-0.2, 0) is 19.1 Å². The number of rotatable bonds is 6. The fraction of sp³-hybridized carbons (Fsp3) is 0.120. The first kappa shape index (κ1) is 24.3. The first-order valence-corrected chi connectivity index (χ1v) is 10.9. The molecule has 4 N–H and O–H groups in total. The summed E-state index contributed by atoms with van der Waals surface area (Å²) in [4.78, 5) is 13.0. The Balaban J connectivity index is 1.73. The van der Waals surface area contributed by atoms with E-state index < -0.39 is 17.8 Å². The lowest BCUT2D eigenvalue weighted by molar-refractivity contribution is -0.141. The van der Waals surface area contributed by atoms with Crippen LogP contribution in [0.15, 0.2) is 72.8 Å². The van der Waals surface area contributed by atoms with Gasteiger partial charge in [-0.15, -0.1) is 0 Å². The van der Waals surface area contributed by atoms with Crippen LogP contribution in [0.5, 0.6) is 5.75 Å². The van der Waals surface area contributed by atoms with Crippen molar-refractivity contribution in [3.05, 3.63) is 106 Å². The third-order valence-corrected chi connectivity index (χ3v) is 5.56. The minimum Gasteiger partial charge on any atom is -0.508 e. The molecule has 3 aromatic carbocycles. The predicted octanol–water partition coefficient (Wildman–Crippen LogP) is 5.55. The summed E-state index contributed by atoms with van der Waals surface area (Å²) in [5.74, 6) is -0.670. The Morgan fingerprint density at radius 2 is 1.71 bits per heavy atom. The van der Waals surface area contributed by atoms with Crippen molar-refractivity contribution < 1.29 is 23.1 Å². The number of carbonyl (C=O) groups excluding carboxylic acids is 1. The smallest absolute Gasteiger partial charge is 0.435 e. The van der Waals surface area contributed by atoms with Gasteiger partial charge in [0, 0.05) is 18.3 Å². The first-order valence-electron chi connectivity index (χ1n) is 10.5. The van der Waals surface area contributed by atoms with Gasteiger partial charge in [0.1, 0.15) is 11.4 Å². The second-order valence-corrected chi connectivity index (χ2v) is 8.22. The van der Waals surface area contributed by atoms with Crippen molar-refractivity contribution in [1.29, 1.82) is 0 Å². The number of hydrogen-bond donors (Lipinski definition) is 3. The van der Waals surface area contributed by atoms with E-state index in [1.807, 2.05) is 0 Å². The Morgan fingerprint density at radius 1 is 1.00 bits per heavy atom. The van der Waals surface area contributed by atoms with Crippen molar-refractivity contribution >= 4 is 23.2 Å². The zero-order chi connectivity index (χ0) is 25.2. The summed E-state index contributed by atoms with van der Waals surface area (Å²) in [6.07, 6.45) is -4.35.